The molecule has 1 saturated heterocycles. The lowest BCUT2D eigenvalue weighted by molar-refractivity contribution is 0.395. The van der Waals surface area contributed by atoms with E-state index in [9.17, 15) is 4.39 Å². The van der Waals surface area contributed by atoms with Gasteiger partial charge in [-0.3, -0.25) is 0 Å². The average molecular weight is 256 g/mol. The van der Waals surface area contributed by atoms with Gasteiger partial charge in [0.05, 0.1) is 0 Å². The Balaban J connectivity index is 2.10. The van der Waals surface area contributed by atoms with E-state index in [1.54, 1.807) is 6.07 Å². The minimum Gasteiger partial charge on any atom is -0.371 e. The highest BCUT2D eigenvalue weighted by Crippen LogP contribution is 2.26. The molecular weight excluding hydrogens is 237 g/mol. The largest absolute Gasteiger partial charge is 0.371 e. The quantitative estimate of drug-likeness (QED) is 0.732. The molecule has 1 heterocycles. The van der Waals surface area contributed by atoms with Crippen LogP contribution in [0.25, 0.3) is 0 Å². The third-order valence-corrected chi connectivity index (χ3v) is 3.96. The van der Waals surface area contributed by atoms with E-state index >= 15 is 0 Å². The van der Waals surface area contributed by atoms with Gasteiger partial charge in [-0.2, -0.15) is 0 Å². The zero-order valence-electron chi connectivity index (χ0n) is 10.3. The lowest BCUT2D eigenvalue weighted by atomic mass is 9.94. The summed E-state index contributed by atoms with van der Waals surface area (Å²) in [4.78, 5) is 2.27. The van der Waals surface area contributed by atoms with Gasteiger partial charge in [0.25, 0.3) is 0 Å². The standard InChI is InChI=1S/C14H19ClFN/c1-2-11-3-5-17(6-4-11)14-8-12(10-15)7-13(16)9-14/h7-9,11H,2-6,10H2,1H3. The highest BCUT2D eigenvalue weighted by molar-refractivity contribution is 6.17. The molecule has 0 N–H and O–H groups in total. The van der Waals surface area contributed by atoms with Crippen molar-refractivity contribution in [1.29, 1.82) is 0 Å². The molecule has 0 atom stereocenters. The van der Waals surface area contributed by atoms with Gasteiger partial charge in [-0.25, -0.2) is 4.39 Å². The van der Waals surface area contributed by atoms with Crippen LogP contribution < -0.4 is 4.90 Å². The Bertz CT molecular complexity index is 372. The van der Waals surface area contributed by atoms with Gasteiger partial charge in [0.2, 0.25) is 0 Å². The molecule has 1 aromatic carbocycles. The number of alkyl halides is 1. The fourth-order valence-electron chi connectivity index (χ4n) is 2.49. The fourth-order valence-corrected chi connectivity index (χ4v) is 2.65. The maximum atomic E-state index is 13.4. The van der Waals surface area contributed by atoms with E-state index in [4.69, 9.17) is 11.6 Å². The molecule has 0 unspecified atom stereocenters. The minimum atomic E-state index is -0.184. The number of rotatable bonds is 3. The van der Waals surface area contributed by atoms with Crippen molar-refractivity contribution >= 4 is 17.3 Å². The Morgan fingerprint density at radius 3 is 2.59 bits per heavy atom. The molecule has 17 heavy (non-hydrogen) atoms. The minimum absolute atomic E-state index is 0.184. The van der Waals surface area contributed by atoms with Crippen molar-refractivity contribution < 1.29 is 4.39 Å². The number of anilines is 1. The summed E-state index contributed by atoms with van der Waals surface area (Å²) < 4.78 is 13.4. The molecule has 0 aliphatic carbocycles. The molecule has 2 rings (SSSR count). The topological polar surface area (TPSA) is 3.24 Å². The summed E-state index contributed by atoms with van der Waals surface area (Å²) in [6, 6.07) is 5.12. The Hall–Kier alpha value is -0.760. The lowest BCUT2D eigenvalue weighted by Gasteiger charge is -2.33. The van der Waals surface area contributed by atoms with Crippen LogP contribution >= 0.6 is 11.6 Å². The molecule has 94 valence electrons. The Labute approximate surface area is 108 Å². The predicted molar refractivity (Wildman–Crippen MR) is 71.2 cm³/mol. The third kappa shape index (κ3) is 3.12. The maximum Gasteiger partial charge on any atom is 0.125 e. The van der Waals surface area contributed by atoms with Gasteiger partial charge in [0.1, 0.15) is 5.82 Å². The molecule has 3 heteroatoms. The number of hydrogen-bond donors (Lipinski definition) is 0. The molecule has 1 aromatic rings. The summed E-state index contributed by atoms with van der Waals surface area (Å²) in [5.41, 5.74) is 1.84. The van der Waals surface area contributed by atoms with E-state index in [0.717, 1.165) is 30.3 Å². The first-order valence-electron chi connectivity index (χ1n) is 6.33. The van der Waals surface area contributed by atoms with E-state index in [-0.39, 0.29) is 5.82 Å². The second-order valence-corrected chi connectivity index (χ2v) is 5.06. The van der Waals surface area contributed by atoms with Crippen LogP contribution in [0.1, 0.15) is 31.7 Å². The van der Waals surface area contributed by atoms with Crippen molar-refractivity contribution in [1.82, 2.24) is 0 Å². The van der Waals surface area contributed by atoms with Gasteiger partial charge in [-0.15, -0.1) is 11.6 Å². The van der Waals surface area contributed by atoms with E-state index in [1.165, 1.54) is 25.3 Å². The Morgan fingerprint density at radius 1 is 1.29 bits per heavy atom. The predicted octanol–water partition coefficient (Wildman–Crippen LogP) is 4.19. The van der Waals surface area contributed by atoms with Crippen LogP contribution in [0.5, 0.6) is 0 Å². The smallest absolute Gasteiger partial charge is 0.125 e. The van der Waals surface area contributed by atoms with E-state index in [1.807, 2.05) is 6.07 Å². The number of hydrogen-bond acceptors (Lipinski definition) is 1. The van der Waals surface area contributed by atoms with Crippen LogP contribution in [0.15, 0.2) is 18.2 Å². The van der Waals surface area contributed by atoms with Gasteiger partial charge in [0.15, 0.2) is 0 Å². The molecular formula is C14H19ClFN. The van der Waals surface area contributed by atoms with Crippen molar-refractivity contribution in [2.24, 2.45) is 5.92 Å². The van der Waals surface area contributed by atoms with Crippen molar-refractivity contribution in [3.63, 3.8) is 0 Å². The van der Waals surface area contributed by atoms with Crippen molar-refractivity contribution in [3.05, 3.63) is 29.6 Å². The summed E-state index contributed by atoms with van der Waals surface area (Å²) in [5, 5.41) is 0. The van der Waals surface area contributed by atoms with Gasteiger partial charge >= 0.3 is 0 Å². The summed E-state index contributed by atoms with van der Waals surface area (Å²) in [6.45, 7) is 4.31. The first-order chi connectivity index (χ1) is 8.22. The zero-order valence-corrected chi connectivity index (χ0v) is 11.0. The van der Waals surface area contributed by atoms with Crippen molar-refractivity contribution in [2.45, 2.75) is 32.1 Å². The highest BCUT2D eigenvalue weighted by Gasteiger charge is 2.18. The molecule has 0 spiro atoms. The monoisotopic (exact) mass is 255 g/mol. The fraction of sp³-hybridized carbons (Fsp3) is 0.571. The van der Waals surface area contributed by atoms with E-state index in [2.05, 4.69) is 11.8 Å². The number of benzene rings is 1. The lowest BCUT2D eigenvalue weighted by Crippen LogP contribution is -2.33. The van der Waals surface area contributed by atoms with Gasteiger partial charge < -0.3 is 4.90 Å². The van der Waals surface area contributed by atoms with Crippen LogP contribution in [-0.4, -0.2) is 13.1 Å². The van der Waals surface area contributed by atoms with Crippen LogP contribution in [-0.2, 0) is 5.88 Å². The van der Waals surface area contributed by atoms with Crippen LogP contribution in [0.2, 0.25) is 0 Å². The second kappa shape index (κ2) is 5.72. The van der Waals surface area contributed by atoms with Crippen LogP contribution in [0.4, 0.5) is 10.1 Å². The summed E-state index contributed by atoms with van der Waals surface area (Å²) >= 11 is 5.77. The molecule has 0 saturated carbocycles. The van der Waals surface area contributed by atoms with Crippen molar-refractivity contribution in [3.8, 4) is 0 Å². The first kappa shape index (κ1) is 12.7. The first-order valence-corrected chi connectivity index (χ1v) is 6.86. The van der Waals surface area contributed by atoms with Crippen LogP contribution in [0, 0.1) is 11.7 Å². The molecule has 0 bridgehead atoms. The third-order valence-electron chi connectivity index (χ3n) is 3.65. The molecule has 1 fully saturated rings. The molecule has 1 aliphatic rings. The van der Waals surface area contributed by atoms with Crippen molar-refractivity contribution in [2.75, 3.05) is 18.0 Å². The van der Waals surface area contributed by atoms with E-state index < -0.39 is 0 Å². The molecule has 1 nitrogen and oxygen atoms in total. The van der Waals surface area contributed by atoms with Gasteiger partial charge in [0, 0.05) is 24.7 Å². The van der Waals surface area contributed by atoms with Gasteiger partial charge in [-0.1, -0.05) is 13.3 Å². The highest BCUT2D eigenvalue weighted by atomic mass is 35.5. The molecule has 0 radical (unpaired) electrons. The SMILES string of the molecule is CCC1CCN(c2cc(F)cc(CCl)c2)CC1. The molecule has 1 aliphatic heterocycles. The van der Waals surface area contributed by atoms with Crippen LogP contribution in [0.3, 0.4) is 0 Å². The average Bonchev–Trinajstić information content (AvgIpc) is 2.38. The number of piperidine rings is 1. The van der Waals surface area contributed by atoms with E-state index in [0.29, 0.717) is 5.88 Å². The number of nitrogens with zero attached hydrogens (tertiary/aromatic N) is 1. The maximum absolute atomic E-state index is 13.4. The summed E-state index contributed by atoms with van der Waals surface area (Å²) in [5.74, 6) is 1.03. The normalized spacial score (nSPS) is 17.5. The summed E-state index contributed by atoms with van der Waals surface area (Å²) in [7, 11) is 0. The molecule has 0 aromatic heterocycles. The molecule has 0 amide bonds. The van der Waals surface area contributed by atoms with Gasteiger partial charge in [-0.05, 0) is 42.5 Å². The zero-order chi connectivity index (χ0) is 12.3. The summed E-state index contributed by atoms with van der Waals surface area (Å²) in [6.07, 6.45) is 3.68. The Morgan fingerprint density at radius 2 is 2.00 bits per heavy atom. The second-order valence-electron chi connectivity index (χ2n) is 4.79. The Kier molecular flexibility index (Phi) is 4.27. The number of halogens is 2.